The van der Waals surface area contributed by atoms with E-state index in [-0.39, 0.29) is 24.1 Å². The van der Waals surface area contributed by atoms with Gasteiger partial charge in [0.1, 0.15) is 5.82 Å². The fourth-order valence-electron chi connectivity index (χ4n) is 4.20. The summed E-state index contributed by atoms with van der Waals surface area (Å²) < 4.78 is 20.4. The van der Waals surface area contributed by atoms with Gasteiger partial charge in [-0.2, -0.15) is 5.10 Å². The van der Waals surface area contributed by atoms with Crippen molar-refractivity contribution in [2.24, 2.45) is 0 Å². The van der Waals surface area contributed by atoms with Crippen LogP contribution in [0.25, 0.3) is 16.8 Å². The number of fused-ring (bicyclic) bond motifs is 2. The molecule has 5 nitrogen and oxygen atoms in total. The Morgan fingerprint density at radius 3 is 2.58 bits per heavy atom. The van der Waals surface area contributed by atoms with E-state index >= 15 is 0 Å². The Bertz CT molecular complexity index is 1280. The normalized spacial score (nSPS) is 16.0. The van der Waals surface area contributed by atoms with Crippen LogP contribution in [-0.4, -0.2) is 27.5 Å². The average molecular weight is 436 g/mol. The van der Waals surface area contributed by atoms with Crippen molar-refractivity contribution >= 4 is 23.0 Å². The molecular formula is C24H19ClFN3O2. The molecule has 31 heavy (non-hydrogen) atoms. The van der Waals surface area contributed by atoms with Crippen LogP contribution in [0.4, 0.5) is 4.39 Å². The number of ketones is 1. The summed E-state index contributed by atoms with van der Waals surface area (Å²) in [5.41, 5.74) is 5.30. The number of Topliss-reactive ketones (excluding diaryl/α,β-unsaturated/α-hetero) is 1. The second-order valence-corrected chi connectivity index (χ2v) is 8.15. The van der Waals surface area contributed by atoms with E-state index in [0.717, 1.165) is 22.4 Å². The average Bonchev–Trinajstić information content (AvgIpc) is 3.11. The molecule has 0 bridgehead atoms. The van der Waals surface area contributed by atoms with E-state index in [4.69, 9.17) is 21.3 Å². The van der Waals surface area contributed by atoms with E-state index in [2.05, 4.69) is 5.10 Å². The van der Waals surface area contributed by atoms with Crippen LogP contribution in [0.5, 0.6) is 0 Å². The van der Waals surface area contributed by atoms with Crippen molar-refractivity contribution in [3.8, 4) is 11.1 Å². The summed E-state index contributed by atoms with van der Waals surface area (Å²) in [5.74, 6) is -0.221. The number of carbonyl (C=O) groups is 1. The van der Waals surface area contributed by atoms with Crippen molar-refractivity contribution in [2.75, 3.05) is 7.11 Å². The summed E-state index contributed by atoms with van der Waals surface area (Å²) in [6, 6.07) is 13.8. The van der Waals surface area contributed by atoms with Crippen molar-refractivity contribution in [1.29, 1.82) is 0 Å². The van der Waals surface area contributed by atoms with Crippen LogP contribution >= 0.6 is 11.6 Å². The third kappa shape index (κ3) is 3.62. The molecule has 1 aliphatic carbocycles. The van der Waals surface area contributed by atoms with E-state index in [0.29, 0.717) is 34.8 Å². The van der Waals surface area contributed by atoms with Crippen LogP contribution in [0, 0.1) is 5.82 Å². The van der Waals surface area contributed by atoms with Crippen LogP contribution < -0.4 is 0 Å². The van der Waals surface area contributed by atoms with Gasteiger partial charge in [-0.3, -0.25) is 4.79 Å². The highest BCUT2D eigenvalue weighted by molar-refractivity contribution is 6.30. The van der Waals surface area contributed by atoms with Gasteiger partial charge in [0.2, 0.25) is 0 Å². The van der Waals surface area contributed by atoms with Gasteiger partial charge in [-0.1, -0.05) is 35.9 Å². The van der Waals surface area contributed by atoms with E-state index in [1.165, 1.54) is 12.1 Å². The number of carbonyl (C=O) groups excluding carboxylic acids is 1. The molecule has 2 heterocycles. The maximum Gasteiger partial charge on any atom is 0.166 e. The highest BCUT2D eigenvalue weighted by Crippen LogP contribution is 2.35. The van der Waals surface area contributed by atoms with Crippen molar-refractivity contribution in [1.82, 2.24) is 14.6 Å². The predicted octanol–water partition coefficient (Wildman–Crippen LogP) is 5.25. The second kappa shape index (κ2) is 7.87. The zero-order valence-electron chi connectivity index (χ0n) is 16.8. The lowest BCUT2D eigenvalue weighted by Gasteiger charge is -2.23. The van der Waals surface area contributed by atoms with Crippen LogP contribution in [0.2, 0.25) is 5.02 Å². The largest absolute Gasteiger partial charge is 0.378 e. The molecule has 0 fully saturated rings. The van der Waals surface area contributed by atoms with Gasteiger partial charge in [-0.25, -0.2) is 13.9 Å². The molecule has 156 valence electrons. The molecule has 0 saturated carbocycles. The smallest absolute Gasteiger partial charge is 0.166 e. The first-order chi connectivity index (χ1) is 15.0. The van der Waals surface area contributed by atoms with Gasteiger partial charge in [0.15, 0.2) is 11.4 Å². The monoisotopic (exact) mass is 435 g/mol. The lowest BCUT2D eigenvalue weighted by Crippen LogP contribution is -2.21. The quantitative estimate of drug-likeness (QED) is 0.439. The summed E-state index contributed by atoms with van der Waals surface area (Å²) >= 11 is 6.02. The molecule has 1 aliphatic rings. The number of methoxy groups -OCH3 is 1. The number of rotatable bonds is 4. The van der Waals surface area contributed by atoms with Crippen LogP contribution in [0.1, 0.15) is 39.6 Å². The predicted molar refractivity (Wildman–Crippen MR) is 116 cm³/mol. The van der Waals surface area contributed by atoms with E-state index in [1.54, 1.807) is 30.0 Å². The highest BCUT2D eigenvalue weighted by Gasteiger charge is 2.29. The van der Waals surface area contributed by atoms with Gasteiger partial charge in [-0.15, -0.1) is 0 Å². The molecule has 4 aromatic rings. The molecule has 0 spiro atoms. The molecule has 1 unspecified atom stereocenters. The molecule has 0 saturated heterocycles. The molecule has 0 amide bonds. The first kappa shape index (κ1) is 19.8. The van der Waals surface area contributed by atoms with Gasteiger partial charge in [-0.05, 0) is 47.7 Å². The summed E-state index contributed by atoms with van der Waals surface area (Å²) in [6.07, 6.45) is 2.82. The first-order valence-corrected chi connectivity index (χ1v) is 10.4. The molecule has 5 rings (SSSR count). The number of aromatic nitrogens is 3. The van der Waals surface area contributed by atoms with Crippen molar-refractivity contribution in [3.63, 3.8) is 0 Å². The fourth-order valence-corrected chi connectivity index (χ4v) is 4.33. The lowest BCUT2D eigenvalue weighted by molar-refractivity contribution is 0.0962. The fraction of sp³-hybridized carbons (Fsp3) is 0.208. The second-order valence-electron chi connectivity index (χ2n) is 7.71. The number of hydrogen-bond acceptors (Lipinski definition) is 4. The van der Waals surface area contributed by atoms with Crippen LogP contribution in [0.3, 0.4) is 0 Å². The van der Waals surface area contributed by atoms with Crippen molar-refractivity contribution in [3.05, 3.63) is 88.1 Å². The first-order valence-electron chi connectivity index (χ1n) is 9.98. The molecule has 2 aromatic heterocycles. The van der Waals surface area contributed by atoms with Crippen LogP contribution in [-0.2, 0) is 17.8 Å². The number of ether oxygens (including phenoxy) is 1. The topological polar surface area (TPSA) is 56.5 Å². The Labute approximate surface area is 183 Å². The molecule has 2 aromatic carbocycles. The minimum Gasteiger partial charge on any atom is -0.378 e. The Morgan fingerprint density at radius 2 is 1.87 bits per heavy atom. The lowest BCUT2D eigenvalue weighted by atomic mass is 9.82. The molecule has 0 radical (unpaired) electrons. The number of halogens is 2. The van der Waals surface area contributed by atoms with E-state index < -0.39 is 0 Å². The molecular weight excluding hydrogens is 417 g/mol. The molecule has 0 N–H and O–H groups in total. The van der Waals surface area contributed by atoms with E-state index in [1.807, 2.05) is 24.3 Å². The SMILES string of the molecule is COCc1nn2cc3c(nc2c1-c1ccc(F)cc1)CC(c1ccc(Cl)cc1)CC3=O. The third-order valence-electron chi connectivity index (χ3n) is 5.69. The van der Waals surface area contributed by atoms with Gasteiger partial charge in [0.25, 0.3) is 0 Å². The van der Waals surface area contributed by atoms with Gasteiger partial charge in [0, 0.05) is 24.8 Å². The Hall–Kier alpha value is -3.09. The van der Waals surface area contributed by atoms with Gasteiger partial charge >= 0.3 is 0 Å². The third-order valence-corrected chi connectivity index (χ3v) is 5.94. The van der Waals surface area contributed by atoms with E-state index in [9.17, 15) is 9.18 Å². The molecule has 0 aliphatic heterocycles. The van der Waals surface area contributed by atoms with Crippen molar-refractivity contribution < 1.29 is 13.9 Å². The minimum absolute atomic E-state index is 0.0442. The Balaban J connectivity index is 1.64. The summed E-state index contributed by atoms with van der Waals surface area (Å²) in [4.78, 5) is 17.8. The maximum atomic E-state index is 13.5. The van der Waals surface area contributed by atoms with Gasteiger partial charge < -0.3 is 4.74 Å². The summed E-state index contributed by atoms with van der Waals surface area (Å²) in [6.45, 7) is 0.280. The highest BCUT2D eigenvalue weighted by atomic mass is 35.5. The van der Waals surface area contributed by atoms with Crippen LogP contribution in [0.15, 0.2) is 54.7 Å². The summed E-state index contributed by atoms with van der Waals surface area (Å²) in [7, 11) is 1.59. The van der Waals surface area contributed by atoms with Crippen molar-refractivity contribution in [2.45, 2.75) is 25.4 Å². The number of hydrogen-bond donors (Lipinski definition) is 0. The maximum absolute atomic E-state index is 13.5. The number of benzene rings is 2. The van der Waals surface area contributed by atoms with Gasteiger partial charge in [0.05, 0.1) is 29.1 Å². The Morgan fingerprint density at radius 1 is 1.13 bits per heavy atom. The summed E-state index contributed by atoms with van der Waals surface area (Å²) in [5, 5.41) is 5.27. The minimum atomic E-state index is -0.310. The molecule has 7 heteroatoms. The zero-order chi connectivity index (χ0) is 21.5. The number of nitrogens with zero attached hydrogens (tertiary/aromatic N) is 3. The Kier molecular flexibility index (Phi) is 5.04. The zero-order valence-corrected chi connectivity index (χ0v) is 17.6. The molecule has 1 atom stereocenters. The standard InChI is InChI=1S/C24H19ClFN3O2/c1-31-13-21-23(15-4-8-18(26)9-5-15)24-27-20-10-16(14-2-6-17(25)7-3-14)11-22(30)19(20)12-29(24)28-21/h2-9,12,16H,10-11,13H2,1H3.